The van der Waals surface area contributed by atoms with Crippen molar-refractivity contribution < 1.29 is 17.6 Å². The first-order chi connectivity index (χ1) is 12.6. The standard InChI is InChI=1S/C19H20N2O4S/c1-24-17-10-4-5-11-18(17)26(22,23)21-12-6-7-14(13-21)19-20-15-8-2-3-9-16(15)25-19/h2-5,8-11,14H,6-7,12-13H2,1H3. The number of hydrogen-bond donors (Lipinski definition) is 0. The maximum atomic E-state index is 13.1. The third kappa shape index (κ3) is 2.97. The number of fused-ring (bicyclic) bond motifs is 1. The van der Waals surface area contributed by atoms with Crippen LogP contribution in [0.3, 0.4) is 0 Å². The van der Waals surface area contributed by atoms with Crippen molar-refractivity contribution in [3.8, 4) is 5.75 Å². The van der Waals surface area contributed by atoms with E-state index < -0.39 is 10.0 Å². The summed E-state index contributed by atoms with van der Waals surface area (Å²) in [7, 11) is -2.16. The van der Waals surface area contributed by atoms with Gasteiger partial charge in [0.25, 0.3) is 0 Å². The molecule has 1 unspecified atom stereocenters. The zero-order valence-electron chi connectivity index (χ0n) is 14.5. The quantitative estimate of drug-likeness (QED) is 0.702. The van der Waals surface area contributed by atoms with Gasteiger partial charge in [0.1, 0.15) is 16.2 Å². The van der Waals surface area contributed by atoms with Gasteiger partial charge in [-0.2, -0.15) is 4.31 Å². The molecule has 136 valence electrons. The summed E-state index contributed by atoms with van der Waals surface area (Å²) in [5.74, 6) is 0.906. The van der Waals surface area contributed by atoms with Gasteiger partial charge < -0.3 is 9.15 Å². The molecular weight excluding hydrogens is 352 g/mol. The maximum absolute atomic E-state index is 13.1. The van der Waals surface area contributed by atoms with E-state index in [1.54, 1.807) is 24.3 Å². The average Bonchev–Trinajstić information content (AvgIpc) is 3.12. The molecule has 0 saturated carbocycles. The van der Waals surface area contributed by atoms with E-state index >= 15 is 0 Å². The molecule has 1 atom stereocenters. The van der Waals surface area contributed by atoms with E-state index in [1.807, 2.05) is 24.3 Å². The number of methoxy groups -OCH3 is 1. The zero-order valence-corrected chi connectivity index (χ0v) is 15.3. The lowest BCUT2D eigenvalue weighted by molar-refractivity contribution is 0.287. The van der Waals surface area contributed by atoms with Crippen LogP contribution in [0.1, 0.15) is 24.7 Å². The predicted molar refractivity (Wildman–Crippen MR) is 97.7 cm³/mol. The second-order valence-electron chi connectivity index (χ2n) is 6.37. The normalized spacial score (nSPS) is 18.9. The molecule has 0 amide bonds. The smallest absolute Gasteiger partial charge is 0.246 e. The summed E-state index contributed by atoms with van der Waals surface area (Å²) in [4.78, 5) is 4.74. The van der Waals surface area contributed by atoms with Crippen molar-refractivity contribution in [3.05, 3.63) is 54.4 Å². The highest BCUT2D eigenvalue weighted by Gasteiger charge is 2.34. The number of rotatable bonds is 4. The van der Waals surface area contributed by atoms with Crippen LogP contribution in [0.15, 0.2) is 57.8 Å². The first-order valence-electron chi connectivity index (χ1n) is 8.58. The van der Waals surface area contributed by atoms with E-state index in [0.29, 0.717) is 24.7 Å². The summed E-state index contributed by atoms with van der Waals surface area (Å²) >= 11 is 0. The lowest BCUT2D eigenvalue weighted by atomic mass is 10.00. The van der Waals surface area contributed by atoms with Crippen LogP contribution >= 0.6 is 0 Å². The highest BCUT2D eigenvalue weighted by atomic mass is 32.2. The van der Waals surface area contributed by atoms with Gasteiger partial charge in [0.2, 0.25) is 10.0 Å². The summed E-state index contributed by atoms with van der Waals surface area (Å²) in [5.41, 5.74) is 1.53. The number of ether oxygens (including phenoxy) is 1. The SMILES string of the molecule is COc1ccccc1S(=O)(=O)N1CCCC(c2nc3ccccc3o2)C1. The third-order valence-corrected chi connectivity index (χ3v) is 6.64. The van der Waals surface area contributed by atoms with Gasteiger partial charge >= 0.3 is 0 Å². The number of oxazole rings is 1. The van der Waals surface area contributed by atoms with Gasteiger partial charge in [-0.3, -0.25) is 0 Å². The number of piperidine rings is 1. The fourth-order valence-corrected chi connectivity index (χ4v) is 5.08. The Morgan fingerprint density at radius 2 is 1.92 bits per heavy atom. The molecule has 2 heterocycles. The minimum atomic E-state index is -3.64. The highest BCUT2D eigenvalue weighted by molar-refractivity contribution is 7.89. The molecule has 2 aromatic carbocycles. The zero-order chi connectivity index (χ0) is 18.1. The molecule has 0 aliphatic carbocycles. The van der Waals surface area contributed by atoms with Crippen LogP contribution in [0, 0.1) is 0 Å². The van der Waals surface area contributed by atoms with Crippen molar-refractivity contribution >= 4 is 21.1 Å². The van der Waals surface area contributed by atoms with Crippen LogP contribution in [-0.2, 0) is 10.0 Å². The van der Waals surface area contributed by atoms with Crippen LogP contribution in [0.2, 0.25) is 0 Å². The molecule has 0 N–H and O–H groups in total. The van der Waals surface area contributed by atoms with Crippen LogP contribution in [0.4, 0.5) is 0 Å². The molecule has 1 aromatic heterocycles. The van der Waals surface area contributed by atoms with Crippen molar-refractivity contribution in [2.24, 2.45) is 0 Å². The number of benzene rings is 2. The molecule has 0 radical (unpaired) electrons. The van der Waals surface area contributed by atoms with E-state index in [1.165, 1.54) is 11.4 Å². The molecule has 0 spiro atoms. The number of aromatic nitrogens is 1. The summed E-state index contributed by atoms with van der Waals surface area (Å²) < 4.78 is 38.8. The number of sulfonamides is 1. The summed E-state index contributed by atoms with van der Waals surface area (Å²) in [6.45, 7) is 0.838. The molecule has 0 bridgehead atoms. The molecule has 26 heavy (non-hydrogen) atoms. The molecule has 1 aliphatic heterocycles. The molecule has 3 aromatic rings. The summed E-state index contributed by atoms with van der Waals surface area (Å²) in [6, 6.07) is 14.3. The lowest BCUT2D eigenvalue weighted by Crippen LogP contribution is -2.39. The summed E-state index contributed by atoms with van der Waals surface area (Å²) in [5, 5.41) is 0. The lowest BCUT2D eigenvalue weighted by Gasteiger charge is -2.30. The average molecular weight is 372 g/mol. The maximum Gasteiger partial charge on any atom is 0.246 e. The molecule has 4 rings (SSSR count). The van der Waals surface area contributed by atoms with Crippen molar-refractivity contribution in [1.29, 1.82) is 0 Å². The largest absolute Gasteiger partial charge is 0.495 e. The van der Waals surface area contributed by atoms with Crippen LogP contribution in [-0.4, -0.2) is 37.9 Å². The summed E-state index contributed by atoms with van der Waals surface area (Å²) in [6.07, 6.45) is 1.61. The van der Waals surface area contributed by atoms with Crippen LogP contribution < -0.4 is 4.74 Å². The fraction of sp³-hybridized carbons (Fsp3) is 0.316. The minimum absolute atomic E-state index is 0.0550. The number of nitrogens with zero attached hydrogens (tertiary/aromatic N) is 2. The van der Waals surface area contributed by atoms with E-state index in [0.717, 1.165) is 23.9 Å². The van der Waals surface area contributed by atoms with Crippen molar-refractivity contribution in [2.75, 3.05) is 20.2 Å². The Bertz CT molecular complexity index is 996. The van der Waals surface area contributed by atoms with Crippen molar-refractivity contribution in [2.45, 2.75) is 23.7 Å². The van der Waals surface area contributed by atoms with E-state index in [2.05, 4.69) is 4.98 Å². The van der Waals surface area contributed by atoms with Gasteiger partial charge in [-0.05, 0) is 37.1 Å². The molecule has 6 nitrogen and oxygen atoms in total. The first kappa shape index (κ1) is 17.1. The molecule has 1 aliphatic rings. The van der Waals surface area contributed by atoms with Crippen molar-refractivity contribution in [3.63, 3.8) is 0 Å². The Morgan fingerprint density at radius 1 is 1.15 bits per heavy atom. The first-order valence-corrected chi connectivity index (χ1v) is 10.0. The van der Waals surface area contributed by atoms with Crippen molar-refractivity contribution in [1.82, 2.24) is 9.29 Å². The van der Waals surface area contributed by atoms with Gasteiger partial charge in [0.05, 0.1) is 7.11 Å². The van der Waals surface area contributed by atoms with Crippen LogP contribution in [0.25, 0.3) is 11.1 Å². The van der Waals surface area contributed by atoms with E-state index in [-0.39, 0.29) is 10.8 Å². The molecular formula is C19H20N2O4S. The number of hydrogen-bond acceptors (Lipinski definition) is 5. The van der Waals surface area contributed by atoms with Gasteiger partial charge in [-0.25, -0.2) is 13.4 Å². The Morgan fingerprint density at radius 3 is 2.73 bits per heavy atom. The van der Waals surface area contributed by atoms with Gasteiger partial charge in [0.15, 0.2) is 11.5 Å². The highest BCUT2D eigenvalue weighted by Crippen LogP contribution is 2.33. The Kier molecular flexibility index (Phi) is 4.42. The molecule has 1 fully saturated rings. The Balaban J connectivity index is 1.63. The Hall–Kier alpha value is -2.38. The second-order valence-corrected chi connectivity index (χ2v) is 8.28. The second kappa shape index (κ2) is 6.74. The van der Waals surface area contributed by atoms with E-state index in [9.17, 15) is 8.42 Å². The van der Waals surface area contributed by atoms with E-state index in [4.69, 9.17) is 9.15 Å². The van der Waals surface area contributed by atoms with Gasteiger partial charge in [-0.1, -0.05) is 24.3 Å². The monoisotopic (exact) mass is 372 g/mol. The van der Waals surface area contributed by atoms with Crippen LogP contribution in [0.5, 0.6) is 5.75 Å². The predicted octanol–water partition coefficient (Wildman–Crippen LogP) is 3.40. The molecule has 7 heteroatoms. The third-order valence-electron chi connectivity index (χ3n) is 4.73. The fourth-order valence-electron chi connectivity index (χ4n) is 3.40. The Labute approximate surface area is 152 Å². The van der Waals surface area contributed by atoms with Gasteiger partial charge in [0, 0.05) is 19.0 Å². The molecule has 1 saturated heterocycles. The minimum Gasteiger partial charge on any atom is -0.495 e. The number of para-hydroxylation sites is 3. The topological polar surface area (TPSA) is 72.6 Å². The van der Waals surface area contributed by atoms with Gasteiger partial charge in [-0.15, -0.1) is 0 Å².